The third-order valence-corrected chi connectivity index (χ3v) is 5.20. The van der Waals surface area contributed by atoms with Crippen LogP contribution in [0, 0.1) is 10.1 Å². The number of nitro benzene ring substituents is 1. The summed E-state index contributed by atoms with van der Waals surface area (Å²) in [7, 11) is -2.99. The first-order valence-electron chi connectivity index (χ1n) is 6.99. The number of rotatable bonds is 5. The molecule has 1 heterocycles. The van der Waals surface area contributed by atoms with Gasteiger partial charge in [-0.05, 0) is 25.8 Å². The van der Waals surface area contributed by atoms with Gasteiger partial charge in [-0.15, -0.1) is 0 Å². The topological polar surface area (TPSA) is 92.9 Å². The summed E-state index contributed by atoms with van der Waals surface area (Å²) in [6.07, 6.45) is 0.562. The minimum Gasteiger partial charge on any atom is -0.289 e. The maximum Gasteiger partial charge on any atom is 0.269 e. The Labute approximate surface area is 129 Å². The molecule has 0 aliphatic carbocycles. The van der Waals surface area contributed by atoms with E-state index in [0.717, 1.165) is 11.3 Å². The Bertz CT molecular complexity index is 679. The van der Waals surface area contributed by atoms with Crippen LogP contribution in [0.25, 0.3) is 0 Å². The number of nitrogens with zero attached hydrogens (tertiary/aromatic N) is 3. The lowest BCUT2D eigenvalue weighted by Crippen LogP contribution is -2.32. The third kappa shape index (κ3) is 4.27. The molecule has 1 aromatic rings. The first-order valence-corrected chi connectivity index (χ1v) is 8.81. The Balaban J connectivity index is 2.17. The monoisotopic (exact) mass is 325 g/mol. The van der Waals surface area contributed by atoms with Crippen LogP contribution in [0.4, 0.5) is 5.69 Å². The number of non-ortho nitro benzene ring substituents is 1. The molecular formula is C14H19N3O4S. The molecule has 1 aromatic carbocycles. The van der Waals surface area contributed by atoms with E-state index in [9.17, 15) is 18.5 Å². The summed E-state index contributed by atoms with van der Waals surface area (Å²) >= 11 is 0. The Morgan fingerprint density at radius 2 is 2.00 bits per heavy atom. The molecule has 22 heavy (non-hydrogen) atoms. The lowest BCUT2D eigenvalue weighted by Gasteiger charge is -2.25. The van der Waals surface area contributed by atoms with Crippen LogP contribution in [0.3, 0.4) is 0 Å². The first-order chi connectivity index (χ1) is 10.3. The third-order valence-electron chi connectivity index (χ3n) is 3.45. The van der Waals surface area contributed by atoms with Gasteiger partial charge in [-0.2, -0.15) is 5.10 Å². The molecule has 2 rings (SSSR count). The van der Waals surface area contributed by atoms with Crippen molar-refractivity contribution >= 4 is 21.2 Å². The van der Waals surface area contributed by atoms with Gasteiger partial charge in [-0.1, -0.05) is 12.1 Å². The van der Waals surface area contributed by atoms with Crippen molar-refractivity contribution < 1.29 is 13.3 Å². The molecule has 0 N–H and O–H groups in total. The van der Waals surface area contributed by atoms with Crippen LogP contribution in [0.15, 0.2) is 29.4 Å². The molecule has 8 heteroatoms. The van der Waals surface area contributed by atoms with Crippen molar-refractivity contribution in [2.75, 3.05) is 11.5 Å². The molecule has 0 bridgehead atoms. The Kier molecular flexibility index (Phi) is 4.80. The Hall–Kier alpha value is -1.96. The molecule has 1 aliphatic heterocycles. The fraction of sp³-hybridized carbons (Fsp3) is 0.500. The summed E-state index contributed by atoms with van der Waals surface area (Å²) in [6.45, 7) is 4.14. The number of sulfone groups is 1. The van der Waals surface area contributed by atoms with E-state index in [2.05, 4.69) is 5.10 Å². The first kappa shape index (κ1) is 16.4. The molecule has 0 saturated carbocycles. The summed E-state index contributed by atoms with van der Waals surface area (Å²) < 4.78 is 23.3. The van der Waals surface area contributed by atoms with E-state index in [0.29, 0.717) is 13.0 Å². The predicted molar refractivity (Wildman–Crippen MR) is 84.5 cm³/mol. The van der Waals surface area contributed by atoms with Gasteiger partial charge in [0.05, 0.1) is 29.0 Å². The van der Waals surface area contributed by atoms with E-state index in [-0.39, 0.29) is 23.2 Å². The van der Waals surface area contributed by atoms with E-state index < -0.39 is 14.8 Å². The highest BCUT2D eigenvalue weighted by atomic mass is 32.2. The second-order valence-electron chi connectivity index (χ2n) is 5.63. The van der Waals surface area contributed by atoms with Gasteiger partial charge in [0.2, 0.25) is 0 Å². The van der Waals surface area contributed by atoms with E-state index in [1.807, 2.05) is 13.8 Å². The second kappa shape index (κ2) is 6.43. The predicted octanol–water partition coefficient (Wildman–Crippen LogP) is 1.98. The van der Waals surface area contributed by atoms with Gasteiger partial charge in [0.15, 0.2) is 9.84 Å². The van der Waals surface area contributed by atoms with Crippen LogP contribution in [-0.2, 0) is 16.4 Å². The van der Waals surface area contributed by atoms with Crippen molar-refractivity contribution in [1.29, 1.82) is 0 Å². The molecule has 1 aliphatic rings. The summed E-state index contributed by atoms with van der Waals surface area (Å²) in [5.74, 6) is 0.295. The van der Waals surface area contributed by atoms with Gasteiger partial charge < -0.3 is 0 Å². The molecule has 1 atom stereocenters. The molecule has 0 aromatic heterocycles. The Morgan fingerprint density at radius 1 is 1.36 bits per heavy atom. The zero-order valence-corrected chi connectivity index (χ0v) is 13.4. The molecule has 0 amide bonds. The summed E-state index contributed by atoms with van der Waals surface area (Å²) in [5, 5.41) is 16.9. The average molecular weight is 325 g/mol. The van der Waals surface area contributed by atoms with Crippen LogP contribution in [0.1, 0.15) is 25.8 Å². The highest BCUT2D eigenvalue weighted by Crippen LogP contribution is 2.21. The summed E-state index contributed by atoms with van der Waals surface area (Å²) in [6, 6.07) is 6.10. The molecule has 1 saturated heterocycles. The second-order valence-corrected chi connectivity index (χ2v) is 7.85. The summed E-state index contributed by atoms with van der Waals surface area (Å²) in [4.78, 5) is 10.2. The smallest absolute Gasteiger partial charge is 0.269 e. The number of hydrogen-bond donors (Lipinski definition) is 0. The number of hydrogen-bond acceptors (Lipinski definition) is 6. The number of nitro groups is 1. The normalized spacial score (nSPS) is 19.6. The van der Waals surface area contributed by atoms with Gasteiger partial charge >= 0.3 is 0 Å². The van der Waals surface area contributed by atoms with Crippen LogP contribution in [-0.4, -0.2) is 41.6 Å². The number of hydrazone groups is 1. The standard InChI is InChI=1S/C14H19N3O4S/c1-11(2)15-16(14-7-8-22(20,21)10-14)9-12-3-5-13(6-4-12)17(18)19/h3-6,14H,7-10H2,1-2H3/t14-/m0/s1. The van der Waals surface area contributed by atoms with E-state index >= 15 is 0 Å². The maximum atomic E-state index is 11.7. The van der Waals surface area contributed by atoms with Gasteiger partial charge in [0, 0.05) is 17.8 Å². The quantitative estimate of drug-likeness (QED) is 0.469. The van der Waals surface area contributed by atoms with Crippen molar-refractivity contribution in [3.63, 3.8) is 0 Å². The largest absolute Gasteiger partial charge is 0.289 e. The Morgan fingerprint density at radius 3 is 2.45 bits per heavy atom. The minimum absolute atomic E-state index is 0.0360. The van der Waals surface area contributed by atoms with Crippen molar-refractivity contribution in [1.82, 2.24) is 5.01 Å². The fourth-order valence-corrected chi connectivity index (χ4v) is 4.15. The summed E-state index contributed by atoms with van der Waals surface area (Å²) in [5.41, 5.74) is 1.74. The van der Waals surface area contributed by atoms with Gasteiger partial charge in [-0.25, -0.2) is 8.42 Å². The average Bonchev–Trinajstić information content (AvgIpc) is 2.78. The van der Waals surface area contributed by atoms with Crippen molar-refractivity contribution in [3.05, 3.63) is 39.9 Å². The number of benzene rings is 1. The zero-order chi connectivity index (χ0) is 16.3. The molecule has 0 spiro atoms. The zero-order valence-electron chi connectivity index (χ0n) is 12.6. The SMILES string of the molecule is CC(C)=NN(Cc1ccc([N+](=O)[O-])cc1)[C@H]1CCS(=O)(=O)C1. The lowest BCUT2D eigenvalue weighted by molar-refractivity contribution is -0.384. The van der Waals surface area contributed by atoms with Crippen LogP contribution in [0.2, 0.25) is 0 Å². The highest BCUT2D eigenvalue weighted by molar-refractivity contribution is 7.91. The fourth-order valence-electron chi connectivity index (χ4n) is 2.42. The van der Waals surface area contributed by atoms with Gasteiger partial charge in [0.25, 0.3) is 5.69 Å². The van der Waals surface area contributed by atoms with Gasteiger partial charge in [0.1, 0.15) is 0 Å². The van der Waals surface area contributed by atoms with E-state index in [1.165, 1.54) is 12.1 Å². The van der Waals surface area contributed by atoms with Crippen molar-refractivity contribution in [2.45, 2.75) is 32.9 Å². The molecule has 120 valence electrons. The van der Waals surface area contributed by atoms with E-state index in [4.69, 9.17) is 0 Å². The maximum absolute atomic E-state index is 11.7. The molecule has 1 fully saturated rings. The van der Waals surface area contributed by atoms with Crippen LogP contribution in [0.5, 0.6) is 0 Å². The highest BCUT2D eigenvalue weighted by Gasteiger charge is 2.32. The lowest BCUT2D eigenvalue weighted by atomic mass is 10.1. The van der Waals surface area contributed by atoms with E-state index in [1.54, 1.807) is 17.1 Å². The van der Waals surface area contributed by atoms with Crippen molar-refractivity contribution in [3.8, 4) is 0 Å². The minimum atomic E-state index is -2.99. The van der Waals surface area contributed by atoms with Gasteiger partial charge in [-0.3, -0.25) is 15.1 Å². The molecular weight excluding hydrogens is 306 g/mol. The van der Waals surface area contributed by atoms with Crippen molar-refractivity contribution in [2.24, 2.45) is 5.10 Å². The molecule has 0 unspecified atom stereocenters. The van der Waals surface area contributed by atoms with Crippen LogP contribution < -0.4 is 0 Å². The molecule has 0 radical (unpaired) electrons. The molecule has 7 nitrogen and oxygen atoms in total. The van der Waals surface area contributed by atoms with Crippen LogP contribution >= 0.6 is 0 Å².